The number of unbranched alkanes of at least 4 members (excludes halogenated alkanes) is 2. The molecule has 1 aliphatic rings. The van der Waals surface area contributed by atoms with E-state index < -0.39 is 0 Å². The molecule has 2 atom stereocenters. The first-order valence-corrected chi connectivity index (χ1v) is 6.68. The van der Waals surface area contributed by atoms with E-state index in [0.29, 0.717) is 0 Å². The van der Waals surface area contributed by atoms with Crippen LogP contribution in [0.3, 0.4) is 0 Å². The molecule has 1 saturated carbocycles. The van der Waals surface area contributed by atoms with Gasteiger partial charge in [-0.1, -0.05) is 58.8 Å². The molecule has 0 bridgehead atoms. The Hall–Kier alpha value is 0. The third-order valence-electron chi connectivity index (χ3n) is 3.58. The Morgan fingerprint density at radius 3 is 2.57 bits per heavy atom. The molecule has 0 aromatic heterocycles. The van der Waals surface area contributed by atoms with Crippen molar-refractivity contribution in [1.82, 2.24) is 0 Å². The van der Waals surface area contributed by atoms with Crippen molar-refractivity contribution in [2.75, 3.05) is 0 Å². The Balaban J connectivity index is 2.12. The van der Waals surface area contributed by atoms with Gasteiger partial charge in [0.1, 0.15) is 0 Å². The van der Waals surface area contributed by atoms with Gasteiger partial charge in [0.15, 0.2) is 0 Å². The summed E-state index contributed by atoms with van der Waals surface area (Å²) in [6, 6.07) is 0. The summed E-state index contributed by atoms with van der Waals surface area (Å²) in [5.41, 5.74) is 0. The Labute approximate surface area is 90.5 Å². The van der Waals surface area contributed by atoms with Gasteiger partial charge in [-0.25, -0.2) is 0 Å². The first-order valence-electron chi connectivity index (χ1n) is 6.68. The summed E-state index contributed by atoms with van der Waals surface area (Å²) < 4.78 is 0. The van der Waals surface area contributed by atoms with Crippen molar-refractivity contribution in [3.63, 3.8) is 0 Å². The molecule has 0 aromatic carbocycles. The highest BCUT2D eigenvalue weighted by Crippen LogP contribution is 2.34. The Bertz CT molecular complexity index is 126. The zero-order valence-electron chi connectivity index (χ0n) is 10.1. The molecule has 83 valence electrons. The minimum atomic E-state index is 1.03. The zero-order chi connectivity index (χ0) is 10.2. The van der Waals surface area contributed by atoms with Crippen LogP contribution < -0.4 is 0 Å². The zero-order valence-corrected chi connectivity index (χ0v) is 10.1. The van der Waals surface area contributed by atoms with E-state index in [2.05, 4.69) is 20.3 Å². The Morgan fingerprint density at radius 1 is 1.07 bits per heavy atom. The molecule has 0 aliphatic heterocycles. The summed E-state index contributed by atoms with van der Waals surface area (Å²) >= 11 is 0. The normalized spacial score (nSPS) is 27.9. The monoisotopic (exact) mass is 195 g/mol. The standard InChI is InChI=1S/C14H27/c1-3-5-6-9-14-11-7-10-13(12-14)8-4-2/h6,13-14H,3-5,7-12H2,1-2H3. The van der Waals surface area contributed by atoms with Gasteiger partial charge >= 0.3 is 0 Å². The molecule has 0 heterocycles. The lowest BCUT2D eigenvalue weighted by Gasteiger charge is -2.28. The molecular formula is C14H27. The smallest absolute Gasteiger partial charge is 0.0383 e. The summed E-state index contributed by atoms with van der Waals surface area (Å²) in [7, 11) is 0. The predicted molar refractivity (Wildman–Crippen MR) is 64.2 cm³/mol. The van der Waals surface area contributed by atoms with Gasteiger partial charge in [-0.15, -0.1) is 0 Å². The second kappa shape index (κ2) is 7.31. The largest absolute Gasteiger partial charge is 0.0654 e. The van der Waals surface area contributed by atoms with Crippen LogP contribution in [0.15, 0.2) is 0 Å². The molecule has 1 rings (SSSR count). The lowest BCUT2D eigenvalue weighted by atomic mass is 9.77. The van der Waals surface area contributed by atoms with E-state index in [1.807, 2.05) is 0 Å². The molecule has 0 nitrogen and oxygen atoms in total. The van der Waals surface area contributed by atoms with Crippen LogP contribution in [0.1, 0.15) is 71.6 Å². The van der Waals surface area contributed by atoms with E-state index >= 15 is 0 Å². The number of hydrogen-bond donors (Lipinski definition) is 0. The van der Waals surface area contributed by atoms with Crippen molar-refractivity contribution in [1.29, 1.82) is 0 Å². The molecule has 2 unspecified atom stereocenters. The van der Waals surface area contributed by atoms with E-state index in [0.717, 1.165) is 11.8 Å². The molecule has 1 radical (unpaired) electrons. The van der Waals surface area contributed by atoms with Crippen LogP contribution in [0.5, 0.6) is 0 Å². The van der Waals surface area contributed by atoms with E-state index in [9.17, 15) is 0 Å². The van der Waals surface area contributed by atoms with Crippen molar-refractivity contribution >= 4 is 0 Å². The molecule has 0 amide bonds. The first kappa shape index (κ1) is 12.1. The van der Waals surface area contributed by atoms with Crippen molar-refractivity contribution in [3.05, 3.63) is 6.42 Å². The SMILES string of the molecule is CCC[CH]CC1CCCC(CCC)C1. The third-order valence-corrected chi connectivity index (χ3v) is 3.58. The van der Waals surface area contributed by atoms with Crippen LogP contribution in [0.4, 0.5) is 0 Å². The number of hydrogen-bond acceptors (Lipinski definition) is 0. The molecule has 0 spiro atoms. The van der Waals surface area contributed by atoms with Crippen molar-refractivity contribution in [2.24, 2.45) is 11.8 Å². The van der Waals surface area contributed by atoms with Crippen LogP contribution in [-0.2, 0) is 0 Å². The van der Waals surface area contributed by atoms with Gasteiger partial charge in [0.2, 0.25) is 0 Å². The maximum atomic E-state index is 2.53. The fourth-order valence-electron chi connectivity index (χ4n) is 2.84. The lowest BCUT2D eigenvalue weighted by Crippen LogP contribution is -2.15. The minimum Gasteiger partial charge on any atom is -0.0654 e. The Kier molecular flexibility index (Phi) is 6.31. The molecule has 0 N–H and O–H groups in total. The van der Waals surface area contributed by atoms with E-state index in [-0.39, 0.29) is 0 Å². The van der Waals surface area contributed by atoms with Gasteiger partial charge < -0.3 is 0 Å². The average Bonchev–Trinajstić information content (AvgIpc) is 2.19. The summed E-state index contributed by atoms with van der Waals surface area (Å²) in [5, 5.41) is 0. The summed E-state index contributed by atoms with van der Waals surface area (Å²) in [6.07, 6.45) is 15.5. The van der Waals surface area contributed by atoms with Gasteiger partial charge in [-0.3, -0.25) is 0 Å². The summed E-state index contributed by atoms with van der Waals surface area (Å²) in [4.78, 5) is 0. The number of rotatable bonds is 6. The minimum absolute atomic E-state index is 1.03. The lowest BCUT2D eigenvalue weighted by molar-refractivity contribution is 0.250. The van der Waals surface area contributed by atoms with Gasteiger partial charge in [-0.2, -0.15) is 0 Å². The topological polar surface area (TPSA) is 0 Å². The predicted octanol–water partition coefficient (Wildman–Crippen LogP) is 4.99. The molecule has 1 aliphatic carbocycles. The highest BCUT2D eigenvalue weighted by atomic mass is 14.3. The average molecular weight is 195 g/mol. The van der Waals surface area contributed by atoms with E-state index in [4.69, 9.17) is 0 Å². The van der Waals surface area contributed by atoms with E-state index in [1.54, 1.807) is 0 Å². The van der Waals surface area contributed by atoms with Crippen LogP contribution in [0.2, 0.25) is 0 Å². The van der Waals surface area contributed by atoms with Gasteiger partial charge in [0.25, 0.3) is 0 Å². The molecule has 0 aromatic rings. The molecule has 0 saturated heterocycles. The van der Waals surface area contributed by atoms with Crippen molar-refractivity contribution in [2.45, 2.75) is 71.6 Å². The van der Waals surface area contributed by atoms with Crippen LogP contribution in [0.25, 0.3) is 0 Å². The fraction of sp³-hybridized carbons (Fsp3) is 0.929. The second-order valence-corrected chi connectivity index (χ2v) is 5.00. The molecule has 1 fully saturated rings. The van der Waals surface area contributed by atoms with Crippen LogP contribution in [0, 0.1) is 18.3 Å². The van der Waals surface area contributed by atoms with Gasteiger partial charge in [-0.05, 0) is 31.1 Å². The van der Waals surface area contributed by atoms with Gasteiger partial charge in [0, 0.05) is 0 Å². The second-order valence-electron chi connectivity index (χ2n) is 5.00. The molecular weight excluding hydrogens is 168 g/mol. The quantitative estimate of drug-likeness (QED) is 0.524. The molecule has 0 heteroatoms. The van der Waals surface area contributed by atoms with E-state index in [1.165, 1.54) is 57.8 Å². The highest BCUT2D eigenvalue weighted by molar-refractivity contribution is 4.77. The van der Waals surface area contributed by atoms with Gasteiger partial charge in [0.05, 0.1) is 0 Å². The highest BCUT2D eigenvalue weighted by Gasteiger charge is 2.20. The molecule has 14 heavy (non-hydrogen) atoms. The van der Waals surface area contributed by atoms with Crippen molar-refractivity contribution < 1.29 is 0 Å². The van der Waals surface area contributed by atoms with Crippen molar-refractivity contribution in [3.8, 4) is 0 Å². The maximum Gasteiger partial charge on any atom is -0.0383 e. The van der Waals surface area contributed by atoms with Crippen LogP contribution in [-0.4, -0.2) is 0 Å². The summed E-state index contributed by atoms with van der Waals surface area (Å²) in [5.74, 6) is 2.10. The fourth-order valence-corrected chi connectivity index (χ4v) is 2.84. The third kappa shape index (κ3) is 4.48. The Morgan fingerprint density at radius 2 is 1.86 bits per heavy atom. The maximum absolute atomic E-state index is 2.53. The van der Waals surface area contributed by atoms with Crippen LogP contribution >= 0.6 is 0 Å². The summed E-state index contributed by atoms with van der Waals surface area (Å²) in [6.45, 7) is 4.60. The first-order chi connectivity index (χ1) is 6.86.